The van der Waals surface area contributed by atoms with Crippen LogP contribution in [0.15, 0.2) is 33.7 Å². The summed E-state index contributed by atoms with van der Waals surface area (Å²) in [6.45, 7) is 2.68. The summed E-state index contributed by atoms with van der Waals surface area (Å²) in [5.74, 6) is 2.20. The van der Waals surface area contributed by atoms with Gasteiger partial charge in [-0.2, -0.15) is 4.98 Å². The SMILES string of the molecule is Cc1ccc(SCc2noc(C3(CN)CC3)n2)cc1. The van der Waals surface area contributed by atoms with E-state index in [0.717, 1.165) is 30.3 Å². The first kappa shape index (κ1) is 12.7. The average molecular weight is 275 g/mol. The Morgan fingerprint density at radius 1 is 1.32 bits per heavy atom. The molecule has 1 aromatic heterocycles. The van der Waals surface area contributed by atoms with Crippen LogP contribution in [-0.4, -0.2) is 16.7 Å². The van der Waals surface area contributed by atoms with Crippen molar-refractivity contribution in [3.63, 3.8) is 0 Å². The van der Waals surface area contributed by atoms with Gasteiger partial charge >= 0.3 is 0 Å². The molecule has 4 nitrogen and oxygen atoms in total. The standard InChI is InChI=1S/C14H17N3OS/c1-10-2-4-11(5-3-10)19-8-12-16-13(18-17-12)14(9-15)6-7-14/h2-5H,6-9,15H2,1H3. The monoisotopic (exact) mass is 275 g/mol. The van der Waals surface area contributed by atoms with E-state index in [9.17, 15) is 0 Å². The molecule has 1 aliphatic carbocycles. The van der Waals surface area contributed by atoms with Gasteiger partial charge in [0.2, 0.25) is 5.89 Å². The largest absolute Gasteiger partial charge is 0.339 e. The minimum absolute atomic E-state index is 0.0141. The molecule has 100 valence electrons. The van der Waals surface area contributed by atoms with Crippen LogP contribution in [0.2, 0.25) is 0 Å². The van der Waals surface area contributed by atoms with E-state index in [-0.39, 0.29) is 5.41 Å². The van der Waals surface area contributed by atoms with Gasteiger partial charge in [-0.15, -0.1) is 11.8 Å². The summed E-state index contributed by atoms with van der Waals surface area (Å²) in [6, 6.07) is 8.45. The quantitative estimate of drug-likeness (QED) is 0.850. The molecule has 3 rings (SSSR count). The molecule has 0 unspecified atom stereocenters. The van der Waals surface area contributed by atoms with Crippen LogP contribution in [0.25, 0.3) is 0 Å². The van der Waals surface area contributed by atoms with E-state index in [1.54, 1.807) is 11.8 Å². The van der Waals surface area contributed by atoms with Crippen LogP contribution in [0, 0.1) is 6.92 Å². The fraction of sp³-hybridized carbons (Fsp3) is 0.429. The highest BCUT2D eigenvalue weighted by Crippen LogP contribution is 2.46. The molecule has 0 radical (unpaired) electrons. The fourth-order valence-electron chi connectivity index (χ4n) is 1.97. The van der Waals surface area contributed by atoms with Crippen molar-refractivity contribution in [3.05, 3.63) is 41.5 Å². The van der Waals surface area contributed by atoms with Crippen LogP contribution in [0.5, 0.6) is 0 Å². The summed E-state index contributed by atoms with van der Waals surface area (Å²) >= 11 is 1.72. The molecule has 2 aromatic rings. The van der Waals surface area contributed by atoms with Crippen molar-refractivity contribution in [2.75, 3.05) is 6.54 Å². The number of rotatable bonds is 5. The van der Waals surface area contributed by atoms with Gasteiger partial charge in [0.25, 0.3) is 0 Å². The third-order valence-corrected chi connectivity index (χ3v) is 4.56. The molecule has 2 N–H and O–H groups in total. The molecule has 1 heterocycles. The first-order valence-corrected chi connectivity index (χ1v) is 7.43. The molecule has 5 heteroatoms. The molecule has 19 heavy (non-hydrogen) atoms. The molecular weight excluding hydrogens is 258 g/mol. The Morgan fingerprint density at radius 2 is 2.05 bits per heavy atom. The number of nitrogens with two attached hydrogens (primary N) is 1. The Morgan fingerprint density at radius 3 is 2.68 bits per heavy atom. The van der Waals surface area contributed by atoms with Crippen molar-refractivity contribution in [2.45, 2.75) is 35.8 Å². The lowest BCUT2D eigenvalue weighted by Gasteiger charge is -2.03. The topological polar surface area (TPSA) is 64.9 Å². The van der Waals surface area contributed by atoms with Gasteiger partial charge in [0.15, 0.2) is 5.82 Å². The van der Waals surface area contributed by atoms with Gasteiger partial charge in [0, 0.05) is 11.4 Å². The first-order valence-electron chi connectivity index (χ1n) is 6.44. The molecule has 0 atom stereocenters. The zero-order chi connectivity index (χ0) is 13.3. The van der Waals surface area contributed by atoms with Gasteiger partial charge < -0.3 is 10.3 Å². The van der Waals surface area contributed by atoms with Crippen LogP contribution < -0.4 is 5.73 Å². The Labute approximate surface area is 116 Å². The number of hydrogen-bond donors (Lipinski definition) is 1. The number of nitrogens with zero attached hydrogens (tertiary/aromatic N) is 2. The summed E-state index contributed by atoms with van der Waals surface area (Å²) < 4.78 is 5.34. The Kier molecular flexibility index (Phi) is 3.33. The smallest absolute Gasteiger partial charge is 0.234 e. The van der Waals surface area contributed by atoms with Crippen molar-refractivity contribution in [1.29, 1.82) is 0 Å². The van der Waals surface area contributed by atoms with Gasteiger partial charge in [-0.3, -0.25) is 0 Å². The maximum absolute atomic E-state index is 5.76. The van der Waals surface area contributed by atoms with E-state index in [4.69, 9.17) is 10.3 Å². The maximum atomic E-state index is 5.76. The van der Waals surface area contributed by atoms with E-state index in [0.29, 0.717) is 6.54 Å². The molecule has 0 amide bonds. The predicted molar refractivity (Wildman–Crippen MR) is 75.0 cm³/mol. The Bertz CT molecular complexity index is 560. The van der Waals surface area contributed by atoms with E-state index < -0.39 is 0 Å². The molecule has 0 saturated heterocycles. The lowest BCUT2D eigenvalue weighted by molar-refractivity contribution is 0.344. The molecule has 1 aliphatic rings. The third-order valence-electron chi connectivity index (χ3n) is 3.55. The molecule has 1 aromatic carbocycles. The normalized spacial score (nSPS) is 16.5. The molecule has 1 fully saturated rings. The summed E-state index contributed by atoms with van der Waals surface area (Å²) in [5, 5.41) is 4.04. The van der Waals surface area contributed by atoms with Crippen molar-refractivity contribution >= 4 is 11.8 Å². The van der Waals surface area contributed by atoms with E-state index >= 15 is 0 Å². The lowest BCUT2D eigenvalue weighted by Crippen LogP contribution is -2.20. The maximum Gasteiger partial charge on any atom is 0.234 e. The van der Waals surface area contributed by atoms with Gasteiger partial charge in [-0.25, -0.2) is 0 Å². The summed E-state index contributed by atoms with van der Waals surface area (Å²) in [6.07, 6.45) is 2.13. The summed E-state index contributed by atoms with van der Waals surface area (Å²) in [7, 11) is 0. The first-order chi connectivity index (χ1) is 9.22. The second-order valence-corrected chi connectivity index (χ2v) is 6.15. The second kappa shape index (κ2) is 4.98. The summed E-state index contributed by atoms with van der Waals surface area (Å²) in [5.41, 5.74) is 7.01. The fourth-order valence-corrected chi connectivity index (χ4v) is 2.71. The highest BCUT2D eigenvalue weighted by molar-refractivity contribution is 7.98. The van der Waals surface area contributed by atoms with Gasteiger partial charge in [-0.05, 0) is 31.9 Å². The van der Waals surface area contributed by atoms with Crippen LogP contribution in [0.4, 0.5) is 0 Å². The third kappa shape index (κ3) is 2.67. The van der Waals surface area contributed by atoms with E-state index in [1.165, 1.54) is 10.5 Å². The highest BCUT2D eigenvalue weighted by Gasteiger charge is 2.48. The summed E-state index contributed by atoms with van der Waals surface area (Å²) in [4.78, 5) is 5.69. The van der Waals surface area contributed by atoms with Crippen LogP contribution in [0.1, 0.15) is 30.1 Å². The van der Waals surface area contributed by atoms with Crippen molar-refractivity contribution in [2.24, 2.45) is 5.73 Å². The number of aryl methyl sites for hydroxylation is 1. The zero-order valence-corrected chi connectivity index (χ0v) is 11.7. The van der Waals surface area contributed by atoms with Gasteiger partial charge in [-0.1, -0.05) is 22.9 Å². The van der Waals surface area contributed by atoms with Crippen molar-refractivity contribution < 1.29 is 4.52 Å². The van der Waals surface area contributed by atoms with Crippen molar-refractivity contribution in [1.82, 2.24) is 10.1 Å². The van der Waals surface area contributed by atoms with Gasteiger partial charge in [0.05, 0.1) is 11.2 Å². The lowest BCUT2D eigenvalue weighted by atomic mass is 10.1. The number of thioether (sulfide) groups is 1. The number of aromatic nitrogens is 2. The number of benzene rings is 1. The number of hydrogen-bond acceptors (Lipinski definition) is 5. The Balaban J connectivity index is 1.63. The molecule has 0 spiro atoms. The van der Waals surface area contributed by atoms with Crippen molar-refractivity contribution in [3.8, 4) is 0 Å². The van der Waals surface area contributed by atoms with Crippen LogP contribution >= 0.6 is 11.8 Å². The minimum Gasteiger partial charge on any atom is -0.339 e. The molecule has 1 saturated carbocycles. The molecule has 0 aliphatic heterocycles. The second-order valence-electron chi connectivity index (χ2n) is 5.10. The van der Waals surface area contributed by atoms with Crippen LogP contribution in [0.3, 0.4) is 0 Å². The highest BCUT2D eigenvalue weighted by atomic mass is 32.2. The predicted octanol–water partition coefficient (Wildman–Crippen LogP) is 2.66. The van der Waals surface area contributed by atoms with Gasteiger partial charge in [0.1, 0.15) is 0 Å². The van der Waals surface area contributed by atoms with Crippen LogP contribution in [-0.2, 0) is 11.2 Å². The zero-order valence-electron chi connectivity index (χ0n) is 10.9. The average Bonchev–Trinajstić information content (AvgIpc) is 3.10. The minimum atomic E-state index is -0.0141. The van der Waals surface area contributed by atoms with E-state index in [1.807, 2.05) is 0 Å². The van der Waals surface area contributed by atoms with E-state index in [2.05, 4.69) is 41.3 Å². The Hall–Kier alpha value is -1.33. The molecule has 0 bridgehead atoms. The molecular formula is C14H17N3OS.